The summed E-state index contributed by atoms with van der Waals surface area (Å²) in [6, 6.07) is 1.65. The highest BCUT2D eigenvalue weighted by atomic mass is 127. The monoisotopic (exact) mass is 211 g/mol. The lowest BCUT2D eigenvalue weighted by Gasteiger charge is -1.85. The standard InChI is InChI=1S/C4H5IN2/c1-7-4(5)2-3-6-7/h2-3H,1H3/i1D3. The predicted octanol–water partition coefficient (Wildman–Crippen LogP) is 1.02. The average molecular weight is 211 g/mol. The van der Waals surface area contributed by atoms with E-state index in [0.29, 0.717) is 3.70 Å². The molecular formula is C4H5IN2. The van der Waals surface area contributed by atoms with Crippen molar-refractivity contribution in [2.75, 3.05) is 0 Å². The number of rotatable bonds is 0. The third kappa shape index (κ3) is 0.933. The first-order valence-corrected chi connectivity index (χ1v) is 2.80. The average Bonchev–Trinajstić information content (AvgIpc) is 2.11. The zero-order valence-electron chi connectivity index (χ0n) is 6.43. The van der Waals surface area contributed by atoms with Crippen molar-refractivity contribution in [1.29, 1.82) is 0 Å². The Hall–Kier alpha value is -0.0600. The molecule has 7 heavy (non-hydrogen) atoms. The van der Waals surface area contributed by atoms with Crippen LogP contribution in [0.4, 0.5) is 0 Å². The van der Waals surface area contributed by atoms with Crippen LogP contribution in [0.25, 0.3) is 0 Å². The summed E-state index contributed by atoms with van der Waals surface area (Å²) in [4.78, 5) is 0. The maximum absolute atomic E-state index is 6.96. The minimum Gasteiger partial charge on any atom is -0.262 e. The first-order chi connectivity index (χ1) is 4.52. The van der Waals surface area contributed by atoms with Gasteiger partial charge >= 0.3 is 0 Å². The van der Waals surface area contributed by atoms with Gasteiger partial charge < -0.3 is 0 Å². The number of aryl methyl sites for hydroxylation is 1. The van der Waals surface area contributed by atoms with E-state index in [0.717, 1.165) is 4.68 Å². The Morgan fingerprint density at radius 3 is 3.29 bits per heavy atom. The number of nitrogens with zero attached hydrogens (tertiary/aromatic N) is 2. The summed E-state index contributed by atoms with van der Waals surface area (Å²) in [5, 5.41) is 3.63. The van der Waals surface area contributed by atoms with Crippen LogP contribution in [0, 0.1) is 3.70 Å². The van der Waals surface area contributed by atoms with E-state index < -0.39 is 6.98 Å². The lowest BCUT2D eigenvalue weighted by atomic mass is 10.8. The Morgan fingerprint density at radius 2 is 3.00 bits per heavy atom. The molecule has 0 radical (unpaired) electrons. The largest absolute Gasteiger partial charge is 0.262 e. The normalized spacial score (nSPS) is 17.6. The Kier molecular flexibility index (Phi) is 0.642. The van der Waals surface area contributed by atoms with Gasteiger partial charge in [-0.25, -0.2) is 0 Å². The summed E-state index contributed by atoms with van der Waals surface area (Å²) < 4.78 is 22.5. The molecule has 0 N–H and O–H groups in total. The van der Waals surface area contributed by atoms with Crippen molar-refractivity contribution in [3.8, 4) is 0 Å². The van der Waals surface area contributed by atoms with Crippen molar-refractivity contribution < 1.29 is 4.11 Å². The zero-order chi connectivity index (χ0) is 7.78. The van der Waals surface area contributed by atoms with Gasteiger partial charge in [-0.1, -0.05) is 0 Å². The van der Waals surface area contributed by atoms with E-state index >= 15 is 0 Å². The van der Waals surface area contributed by atoms with Crippen molar-refractivity contribution >= 4 is 22.6 Å². The van der Waals surface area contributed by atoms with E-state index in [-0.39, 0.29) is 0 Å². The quantitative estimate of drug-likeness (QED) is 0.586. The fourth-order valence-electron chi connectivity index (χ4n) is 0.287. The number of hydrogen-bond acceptors (Lipinski definition) is 1. The van der Waals surface area contributed by atoms with Crippen molar-refractivity contribution in [2.24, 2.45) is 6.98 Å². The van der Waals surface area contributed by atoms with Crippen molar-refractivity contribution in [3.05, 3.63) is 16.0 Å². The fourth-order valence-corrected chi connectivity index (χ4v) is 0.573. The van der Waals surface area contributed by atoms with E-state index in [2.05, 4.69) is 5.10 Å². The molecule has 0 aliphatic rings. The van der Waals surface area contributed by atoms with Gasteiger partial charge in [0.15, 0.2) is 0 Å². The highest BCUT2D eigenvalue weighted by molar-refractivity contribution is 14.1. The molecule has 1 rings (SSSR count). The molecular weight excluding hydrogens is 203 g/mol. The molecule has 0 saturated carbocycles. The van der Waals surface area contributed by atoms with Gasteiger partial charge in [0.1, 0.15) is 0 Å². The summed E-state index contributed by atoms with van der Waals surface area (Å²) in [6.07, 6.45) is 1.47. The van der Waals surface area contributed by atoms with Crippen LogP contribution in [-0.4, -0.2) is 9.78 Å². The van der Waals surface area contributed by atoms with E-state index in [4.69, 9.17) is 4.11 Å². The lowest BCUT2D eigenvalue weighted by molar-refractivity contribution is 0.747. The highest BCUT2D eigenvalue weighted by Crippen LogP contribution is 1.97. The smallest absolute Gasteiger partial charge is 0.0985 e. The highest BCUT2D eigenvalue weighted by Gasteiger charge is 1.85. The molecule has 0 bridgehead atoms. The Labute approximate surface area is 59.9 Å². The summed E-state index contributed by atoms with van der Waals surface area (Å²) in [5.74, 6) is 0. The molecule has 38 valence electrons. The van der Waals surface area contributed by atoms with E-state index in [1.54, 1.807) is 6.07 Å². The molecule has 0 spiro atoms. The fraction of sp³-hybridized carbons (Fsp3) is 0.250. The molecule has 0 atom stereocenters. The molecule has 0 saturated heterocycles. The SMILES string of the molecule is [2H]C([2H])([2H])n1nccc1I. The molecule has 0 aromatic carbocycles. The van der Waals surface area contributed by atoms with Gasteiger partial charge in [0.25, 0.3) is 0 Å². The molecule has 0 aliphatic carbocycles. The second-order valence-corrected chi connectivity index (χ2v) is 2.17. The second kappa shape index (κ2) is 1.81. The van der Waals surface area contributed by atoms with Gasteiger partial charge in [-0.2, -0.15) is 5.10 Å². The Bertz CT molecular complexity index is 229. The molecule has 0 fully saturated rings. The summed E-state index contributed by atoms with van der Waals surface area (Å²) in [6.45, 7) is -2.14. The van der Waals surface area contributed by atoms with Crippen LogP contribution in [-0.2, 0) is 6.98 Å². The van der Waals surface area contributed by atoms with Gasteiger partial charge in [-0.3, -0.25) is 4.68 Å². The number of hydrogen-bond donors (Lipinski definition) is 0. The summed E-state index contributed by atoms with van der Waals surface area (Å²) in [5.41, 5.74) is 0. The maximum atomic E-state index is 6.96. The van der Waals surface area contributed by atoms with E-state index in [1.807, 2.05) is 22.6 Å². The first-order valence-electron chi connectivity index (χ1n) is 3.22. The van der Waals surface area contributed by atoms with Crippen molar-refractivity contribution in [1.82, 2.24) is 9.78 Å². The third-order valence-electron chi connectivity index (χ3n) is 0.597. The molecule has 2 nitrogen and oxygen atoms in total. The number of aromatic nitrogens is 2. The predicted molar refractivity (Wildman–Crippen MR) is 35.9 cm³/mol. The molecule has 0 amide bonds. The molecule has 1 aromatic heterocycles. The number of halogens is 1. The molecule has 0 aliphatic heterocycles. The van der Waals surface area contributed by atoms with Crippen LogP contribution in [0.2, 0.25) is 0 Å². The first kappa shape index (κ1) is 2.48. The van der Waals surface area contributed by atoms with E-state index in [1.165, 1.54) is 6.20 Å². The Morgan fingerprint density at radius 1 is 2.14 bits per heavy atom. The summed E-state index contributed by atoms with van der Waals surface area (Å²) >= 11 is 1.92. The van der Waals surface area contributed by atoms with Gasteiger partial charge in [-0.05, 0) is 28.7 Å². The van der Waals surface area contributed by atoms with Crippen LogP contribution in [0.15, 0.2) is 12.3 Å². The molecule has 3 heteroatoms. The van der Waals surface area contributed by atoms with Crippen molar-refractivity contribution in [3.63, 3.8) is 0 Å². The third-order valence-corrected chi connectivity index (χ3v) is 1.41. The van der Waals surface area contributed by atoms with Crippen LogP contribution >= 0.6 is 22.6 Å². The van der Waals surface area contributed by atoms with Gasteiger partial charge in [0.2, 0.25) is 0 Å². The second-order valence-electron chi connectivity index (χ2n) is 1.07. The van der Waals surface area contributed by atoms with Crippen molar-refractivity contribution in [2.45, 2.75) is 0 Å². The van der Waals surface area contributed by atoms with Crippen LogP contribution in [0.5, 0.6) is 0 Å². The minimum atomic E-state index is -2.14. The Balaban J connectivity index is 3.05. The van der Waals surface area contributed by atoms with Gasteiger partial charge in [0.05, 0.1) is 9.90 Å². The van der Waals surface area contributed by atoms with Crippen LogP contribution in [0.3, 0.4) is 0 Å². The van der Waals surface area contributed by atoms with E-state index in [9.17, 15) is 0 Å². The van der Waals surface area contributed by atoms with Crippen LogP contribution in [0.1, 0.15) is 4.11 Å². The lowest BCUT2D eigenvalue weighted by Crippen LogP contribution is -1.90. The van der Waals surface area contributed by atoms with Gasteiger partial charge in [0, 0.05) is 11.1 Å². The topological polar surface area (TPSA) is 17.8 Å². The molecule has 1 heterocycles. The summed E-state index contributed by atoms with van der Waals surface area (Å²) in [7, 11) is 0. The zero-order valence-corrected chi connectivity index (χ0v) is 5.58. The molecule has 1 aromatic rings. The minimum absolute atomic E-state index is 0.623. The molecule has 0 unspecified atom stereocenters. The van der Waals surface area contributed by atoms with Crippen LogP contribution < -0.4 is 0 Å². The maximum Gasteiger partial charge on any atom is 0.0985 e. The van der Waals surface area contributed by atoms with Gasteiger partial charge in [-0.15, -0.1) is 0 Å².